The largest absolute Gasteiger partial charge is 0.478 e. The van der Waals surface area contributed by atoms with E-state index in [-0.39, 0.29) is 23.2 Å². The normalized spacial score (nSPS) is 17.8. The summed E-state index contributed by atoms with van der Waals surface area (Å²) in [6, 6.07) is 2.86. The maximum atomic E-state index is 13.1. The Bertz CT molecular complexity index is 550. The van der Waals surface area contributed by atoms with Gasteiger partial charge in [0.15, 0.2) is 0 Å². The molecular weight excluding hydrogens is 279 g/mol. The Balaban J connectivity index is 2.05. The molecule has 0 bridgehead atoms. The highest BCUT2D eigenvalue weighted by Gasteiger charge is 2.26. The number of carbonyl (C=O) groups is 2. The lowest BCUT2D eigenvalue weighted by atomic mass is 10.1. The topological polar surface area (TPSA) is 78.9 Å². The van der Waals surface area contributed by atoms with E-state index < -0.39 is 11.8 Å². The molecule has 6 nitrogen and oxygen atoms in total. The van der Waals surface area contributed by atoms with E-state index in [2.05, 4.69) is 5.32 Å². The molecule has 1 aromatic carbocycles. The van der Waals surface area contributed by atoms with E-state index in [9.17, 15) is 14.0 Å². The molecule has 1 atom stereocenters. The second kappa shape index (κ2) is 6.53. The van der Waals surface area contributed by atoms with Crippen LogP contribution in [0.4, 0.5) is 14.9 Å². The average molecular weight is 296 g/mol. The van der Waals surface area contributed by atoms with Gasteiger partial charge in [0.25, 0.3) is 0 Å². The Hall–Kier alpha value is -2.15. The van der Waals surface area contributed by atoms with Gasteiger partial charge in [0.2, 0.25) is 0 Å². The first-order valence-corrected chi connectivity index (χ1v) is 6.59. The fourth-order valence-corrected chi connectivity index (χ4v) is 2.39. The van der Waals surface area contributed by atoms with E-state index in [0.29, 0.717) is 19.7 Å². The highest BCUT2D eigenvalue weighted by Crippen LogP contribution is 2.21. The van der Waals surface area contributed by atoms with Crippen molar-refractivity contribution in [2.24, 2.45) is 5.92 Å². The molecule has 21 heavy (non-hydrogen) atoms. The standard InChI is InChI=1S/C14H17FN2O4/c1-21-8-9-4-5-17(7-9)14(20)16-12-3-2-10(15)6-11(12)13(18)19/h2-3,6,9H,4-5,7-8H2,1H3,(H,16,20)(H,18,19). The molecule has 0 spiro atoms. The summed E-state index contributed by atoms with van der Waals surface area (Å²) in [5.74, 6) is -1.66. The fourth-order valence-electron chi connectivity index (χ4n) is 2.39. The van der Waals surface area contributed by atoms with Gasteiger partial charge in [-0.05, 0) is 24.6 Å². The number of carboxylic acid groups (broad SMARTS) is 1. The number of halogens is 1. The maximum absolute atomic E-state index is 13.1. The summed E-state index contributed by atoms with van der Waals surface area (Å²) < 4.78 is 18.1. The quantitative estimate of drug-likeness (QED) is 0.891. The van der Waals surface area contributed by atoms with Crippen molar-refractivity contribution in [3.63, 3.8) is 0 Å². The van der Waals surface area contributed by atoms with Crippen LogP contribution in [-0.4, -0.2) is 48.8 Å². The minimum Gasteiger partial charge on any atom is -0.478 e. The van der Waals surface area contributed by atoms with Crippen molar-refractivity contribution in [1.82, 2.24) is 4.90 Å². The lowest BCUT2D eigenvalue weighted by molar-refractivity contribution is 0.0697. The van der Waals surface area contributed by atoms with Crippen molar-refractivity contribution in [3.05, 3.63) is 29.6 Å². The highest BCUT2D eigenvalue weighted by atomic mass is 19.1. The number of methoxy groups -OCH3 is 1. The molecule has 2 N–H and O–H groups in total. The zero-order valence-electron chi connectivity index (χ0n) is 11.6. The summed E-state index contributed by atoms with van der Waals surface area (Å²) in [6.07, 6.45) is 0.844. The third-order valence-electron chi connectivity index (χ3n) is 3.43. The van der Waals surface area contributed by atoms with Crippen LogP contribution < -0.4 is 5.32 Å². The third kappa shape index (κ3) is 3.69. The number of amides is 2. The number of hydrogen-bond acceptors (Lipinski definition) is 3. The molecule has 1 aliphatic heterocycles. The van der Waals surface area contributed by atoms with Crippen molar-refractivity contribution in [2.45, 2.75) is 6.42 Å². The number of aromatic carboxylic acids is 1. The van der Waals surface area contributed by atoms with E-state index >= 15 is 0 Å². The van der Waals surface area contributed by atoms with Crippen molar-refractivity contribution < 1.29 is 23.8 Å². The van der Waals surface area contributed by atoms with E-state index in [1.807, 2.05) is 0 Å². The van der Waals surface area contributed by atoms with Gasteiger partial charge in [0.1, 0.15) is 5.82 Å². The van der Waals surface area contributed by atoms with Crippen LogP contribution in [0.25, 0.3) is 0 Å². The molecular formula is C14H17FN2O4. The number of urea groups is 1. The molecule has 7 heteroatoms. The van der Waals surface area contributed by atoms with E-state index in [1.54, 1.807) is 12.0 Å². The van der Waals surface area contributed by atoms with Gasteiger partial charge in [0, 0.05) is 26.1 Å². The van der Waals surface area contributed by atoms with Gasteiger partial charge in [-0.3, -0.25) is 0 Å². The first-order valence-electron chi connectivity index (χ1n) is 6.59. The predicted molar refractivity (Wildman–Crippen MR) is 73.9 cm³/mol. The smallest absolute Gasteiger partial charge is 0.337 e. The van der Waals surface area contributed by atoms with Crippen LogP contribution in [0.5, 0.6) is 0 Å². The Labute approximate surface area is 121 Å². The van der Waals surface area contributed by atoms with Gasteiger partial charge in [-0.25, -0.2) is 14.0 Å². The minimum atomic E-state index is -1.29. The maximum Gasteiger partial charge on any atom is 0.337 e. The minimum absolute atomic E-state index is 0.0871. The van der Waals surface area contributed by atoms with Crippen LogP contribution in [0.15, 0.2) is 18.2 Å². The van der Waals surface area contributed by atoms with Crippen molar-refractivity contribution in [3.8, 4) is 0 Å². The molecule has 2 rings (SSSR count). The van der Waals surface area contributed by atoms with Gasteiger partial charge in [0.05, 0.1) is 17.9 Å². The summed E-state index contributed by atoms with van der Waals surface area (Å²) in [6.45, 7) is 1.73. The van der Waals surface area contributed by atoms with Crippen molar-refractivity contribution in [2.75, 3.05) is 32.1 Å². The number of nitrogens with zero attached hydrogens (tertiary/aromatic N) is 1. The summed E-state index contributed by atoms with van der Waals surface area (Å²) >= 11 is 0. The van der Waals surface area contributed by atoms with E-state index in [0.717, 1.165) is 18.6 Å². The number of likely N-dealkylation sites (tertiary alicyclic amines) is 1. The number of carbonyl (C=O) groups excluding carboxylic acids is 1. The third-order valence-corrected chi connectivity index (χ3v) is 3.43. The van der Waals surface area contributed by atoms with E-state index in [4.69, 9.17) is 9.84 Å². The number of nitrogens with one attached hydrogen (secondary N) is 1. The Morgan fingerprint density at radius 3 is 2.95 bits per heavy atom. The first kappa shape index (κ1) is 15.2. The number of rotatable bonds is 4. The molecule has 1 heterocycles. The first-order chi connectivity index (χ1) is 10.0. The van der Waals surface area contributed by atoms with Gasteiger partial charge in [-0.15, -0.1) is 0 Å². The fraction of sp³-hybridized carbons (Fsp3) is 0.429. The summed E-state index contributed by atoms with van der Waals surface area (Å²) in [5.41, 5.74) is -0.180. The SMILES string of the molecule is COCC1CCN(C(=O)Nc2ccc(F)cc2C(=O)O)C1. The zero-order valence-corrected chi connectivity index (χ0v) is 11.6. The monoisotopic (exact) mass is 296 g/mol. The average Bonchev–Trinajstić information content (AvgIpc) is 2.89. The molecule has 1 aromatic rings. The summed E-state index contributed by atoms with van der Waals surface area (Å²) in [5, 5.41) is 11.6. The van der Waals surface area contributed by atoms with Gasteiger partial charge < -0.3 is 20.1 Å². The molecule has 1 fully saturated rings. The van der Waals surface area contributed by atoms with Crippen LogP contribution in [-0.2, 0) is 4.74 Å². The number of ether oxygens (including phenoxy) is 1. The Morgan fingerprint density at radius 1 is 1.52 bits per heavy atom. The van der Waals surface area contributed by atoms with Gasteiger partial charge >= 0.3 is 12.0 Å². The molecule has 0 radical (unpaired) electrons. The van der Waals surface area contributed by atoms with Crippen LogP contribution in [0.2, 0.25) is 0 Å². The van der Waals surface area contributed by atoms with Gasteiger partial charge in [-0.2, -0.15) is 0 Å². The molecule has 1 unspecified atom stereocenters. The van der Waals surface area contributed by atoms with Crippen molar-refractivity contribution in [1.29, 1.82) is 0 Å². The van der Waals surface area contributed by atoms with E-state index in [1.165, 1.54) is 6.07 Å². The van der Waals surface area contributed by atoms with Crippen molar-refractivity contribution >= 4 is 17.7 Å². The number of benzene rings is 1. The molecule has 0 aliphatic carbocycles. The summed E-state index contributed by atoms with van der Waals surface area (Å²) in [7, 11) is 1.61. The van der Waals surface area contributed by atoms with Gasteiger partial charge in [-0.1, -0.05) is 0 Å². The molecule has 114 valence electrons. The number of carboxylic acids is 1. The second-order valence-corrected chi connectivity index (χ2v) is 4.98. The van der Waals surface area contributed by atoms with Crippen LogP contribution in [0.3, 0.4) is 0 Å². The van der Waals surface area contributed by atoms with Crippen LogP contribution in [0.1, 0.15) is 16.8 Å². The predicted octanol–water partition coefficient (Wildman–Crippen LogP) is 2.02. The molecule has 2 amide bonds. The lowest BCUT2D eigenvalue weighted by Gasteiger charge is -2.18. The lowest BCUT2D eigenvalue weighted by Crippen LogP contribution is -2.33. The molecule has 0 saturated carbocycles. The zero-order chi connectivity index (χ0) is 15.4. The Morgan fingerprint density at radius 2 is 2.29 bits per heavy atom. The molecule has 1 aliphatic rings. The number of hydrogen-bond donors (Lipinski definition) is 2. The Kier molecular flexibility index (Phi) is 4.74. The molecule has 1 saturated heterocycles. The molecule has 0 aromatic heterocycles. The van der Waals surface area contributed by atoms with Crippen LogP contribution in [0, 0.1) is 11.7 Å². The second-order valence-electron chi connectivity index (χ2n) is 4.98. The summed E-state index contributed by atoms with van der Waals surface area (Å²) in [4.78, 5) is 24.8. The van der Waals surface area contributed by atoms with Crippen LogP contribution >= 0.6 is 0 Å². The highest BCUT2D eigenvalue weighted by molar-refractivity contribution is 6.00. The number of anilines is 1.